The summed E-state index contributed by atoms with van der Waals surface area (Å²) < 4.78 is 18.4. The lowest BCUT2D eigenvalue weighted by Crippen LogP contribution is -2.21. The summed E-state index contributed by atoms with van der Waals surface area (Å²) in [6, 6.07) is 2.69. The maximum Gasteiger partial charge on any atom is 0.283 e. The van der Waals surface area contributed by atoms with E-state index in [1.165, 1.54) is 12.1 Å². The number of halogens is 3. The van der Waals surface area contributed by atoms with Gasteiger partial charge in [-0.15, -0.1) is 0 Å². The minimum absolute atomic E-state index is 0.0202. The number of benzene rings is 1. The van der Waals surface area contributed by atoms with Crippen LogP contribution in [0.15, 0.2) is 17.1 Å². The van der Waals surface area contributed by atoms with Crippen molar-refractivity contribution in [1.29, 1.82) is 0 Å². The molecule has 16 heavy (non-hydrogen) atoms. The molecule has 0 spiro atoms. The third-order valence-corrected chi connectivity index (χ3v) is 3.05. The number of ether oxygens (including phenoxy) is 1. The Balaban J connectivity index is 2.53. The maximum atomic E-state index is 13.4. The highest BCUT2D eigenvalue weighted by atomic mass is 35.5. The molecule has 1 unspecified atom stereocenters. The number of hydrogen-bond donors (Lipinski definition) is 1. The predicted octanol–water partition coefficient (Wildman–Crippen LogP) is 2.69. The second-order valence-corrected chi connectivity index (χ2v) is 4.57. The Morgan fingerprint density at radius 3 is 2.69 bits per heavy atom. The van der Waals surface area contributed by atoms with E-state index < -0.39 is 11.4 Å². The number of nitrogens with zero attached hydrogens (tertiary/aromatic N) is 1. The van der Waals surface area contributed by atoms with E-state index in [9.17, 15) is 4.39 Å². The number of hydrogen-bond acceptors (Lipinski definition) is 3. The second-order valence-electron chi connectivity index (χ2n) is 3.76. The van der Waals surface area contributed by atoms with E-state index in [4.69, 9.17) is 33.7 Å². The fraction of sp³-hybridized carbons (Fsp3) is 0.300. The molecule has 0 amide bonds. The van der Waals surface area contributed by atoms with E-state index in [0.717, 1.165) is 0 Å². The van der Waals surface area contributed by atoms with Crippen molar-refractivity contribution >= 4 is 29.2 Å². The number of rotatable bonds is 1. The highest BCUT2D eigenvalue weighted by Gasteiger charge is 2.35. The van der Waals surface area contributed by atoms with Crippen LogP contribution < -0.4 is 5.73 Å². The lowest BCUT2D eigenvalue weighted by molar-refractivity contribution is 0.266. The molecule has 86 valence electrons. The van der Waals surface area contributed by atoms with Gasteiger partial charge in [-0.05, 0) is 19.1 Å². The van der Waals surface area contributed by atoms with E-state index in [1.54, 1.807) is 6.92 Å². The summed E-state index contributed by atoms with van der Waals surface area (Å²) in [5, 5.41) is 0.323. The third kappa shape index (κ3) is 1.83. The fourth-order valence-corrected chi connectivity index (χ4v) is 2.18. The molecule has 1 aliphatic rings. The Hall–Kier alpha value is -1.00. The minimum atomic E-state index is -0.757. The van der Waals surface area contributed by atoms with E-state index in [2.05, 4.69) is 4.99 Å². The van der Waals surface area contributed by atoms with Crippen molar-refractivity contribution in [3.05, 3.63) is 33.6 Å². The smallest absolute Gasteiger partial charge is 0.283 e. The standard InChI is InChI=1S/C10H9Cl2FN2O/c1-10(4-16-9(14)15-10)5-2-8(13)7(12)3-6(5)11/h2-3H,4H2,1H3,(H2,14,15). The first-order valence-corrected chi connectivity index (χ1v) is 5.31. The summed E-state index contributed by atoms with van der Waals surface area (Å²) in [5.41, 5.74) is 5.18. The maximum absolute atomic E-state index is 13.4. The molecule has 0 aliphatic carbocycles. The van der Waals surface area contributed by atoms with Gasteiger partial charge < -0.3 is 10.5 Å². The van der Waals surface area contributed by atoms with Crippen LogP contribution in [0.4, 0.5) is 4.39 Å². The van der Waals surface area contributed by atoms with Crippen LogP contribution in [0.1, 0.15) is 12.5 Å². The van der Waals surface area contributed by atoms with Crippen LogP contribution >= 0.6 is 23.2 Å². The minimum Gasteiger partial charge on any atom is -0.462 e. The second kappa shape index (κ2) is 3.79. The van der Waals surface area contributed by atoms with E-state index in [-0.39, 0.29) is 17.7 Å². The van der Waals surface area contributed by atoms with E-state index >= 15 is 0 Å². The molecule has 2 N–H and O–H groups in total. The molecule has 1 aliphatic heterocycles. The van der Waals surface area contributed by atoms with Gasteiger partial charge in [-0.3, -0.25) is 0 Å². The average Bonchev–Trinajstić information content (AvgIpc) is 2.53. The Kier molecular flexibility index (Phi) is 2.72. The monoisotopic (exact) mass is 262 g/mol. The molecule has 1 heterocycles. The van der Waals surface area contributed by atoms with Crippen LogP contribution in [0.2, 0.25) is 10.0 Å². The van der Waals surface area contributed by atoms with Crippen molar-refractivity contribution < 1.29 is 9.13 Å². The summed E-state index contributed by atoms with van der Waals surface area (Å²) in [6.07, 6.45) is 0. The fourth-order valence-electron chi connectivity index (χ4n) is 1.60. The van der Waals surface area contributed by atoms with Gasteiger partial charge in [0.15, 0.2) is 0 Å². The zero-order valence-electron chi connectivity index (χ0n) is 8.43. The normalized spacial score (nSPS) is 24.1. The molecule has 6 heteroatoms. The van der Waals surface area contributed by atoms with Gasteiger partial charge in [0.1, 0.15) is 18.0 Å². The van der Waals surface area contributed by atoms with Crippen molar-refractivity contribution in [3.63, 3.8) is 0 Å². The Bertz CT molecular complexity index is 478. The molecule has 1 aromatic carbocycles. The zero-order valence-corrected chi connectivity index (χ0v) is 9.94. The Morgan fingerprint density at radius 1 is 1.44 bits per heavy atom. The first-order valence-electron chi connectivity index (χ1n) is 4.55. The van der Waals surface area contributed by atoms with Crippen LogP contribution in [-0.4, -0.2) is 12.6 Å². The molecule has 2 rings (SSSR count). The van der Waals surface area contributed by atoms with E-state index in [0.29, 0.717) is 10.6 Å². The topological polar surface area (TPSA) is 47.6 Å². The van der Waals surface area contributed by atoms with Gasteiger partial charge in [0.05, 0.1) is 5.02 Å². The molecule has 0 saturated carbocycles. The summed E-state index contributed by atoms with van der Waals surface area (Å²) in [4.78, 5) is 4.10. The molecular weight excluding hydrogens is 254 g/mol. The van der Waals surface area contributed by atoms with Crippen molar-refractivity contribution in [2.24, 2.45) is 10.7 Å². The average molecular weight is 263 g/mol. The van der Waals surface area contributed by atoms with Crippen LogP contribution in [0.25, 0.3) is 0 Å². The molecule has 1 atom stereocenters. The summed E-state index contributed by atoms with van der Waals surface area (Å²) in [6.45, 7) is 2.00. The molecule has 0 saturated heterocycles. The lowest BCUT2D eigenvalue weighted by atomic mass is 9.94. The number of aliphatic imine (C=N–C) groups is 1. The Morgan fingerprint density at radius 2 is 2.12 bits per heavy atom. The summed E-state index contributed by atoms with van der Waals surface area (Å²) >= 11 is 11.6. The highest BCUT2D eigenvalue weighted by molar-refractivity contribution is 6.35. The first kappa shape index (κ1) is 11.5. The van der Waals surface area contributed by atoms with Crippen LogP contribution in [0.5, 0.6) is 0 Å². The van der Waals surface area contributed by atoms with Gasteiger partial charge in [-0.2, -0.15) is 0 Å². The SMILES string of the molecule is CC1(c2cc(F)c(Cl)cc2Cl)COC(N)=N1. The number of amidine groups is 1. The molecule has 3 nitrogen and oxygen atoms in total. The summed E-state index contributed by atoms with van der Waals surface area (Å²) in [7, 11) is 0. The highest BCUT2D eigenvalue weighted by Crippen LogP contribution is 2.36. The third-order valence-electron chi connectivity index (χ3n) is 2.45. The van der Waals surface area contributed by atoms with Crippen LogP contribution in [0, 0.1) is 5.82 Å². The van der Waals surface area contributed by atoms with Crippen molar-refractivity contribution in [2.75, 3.05) is 6.61 Å². The van der Waals surface area contributed by atoms with Gasteiger partial charge >= 0.3 is 0 Å². The molecule has 0 fully saturated rings. The van der Waals surface area contributed by atoms with Crippen LogP contribution in [-0.2, 0) is 10.3 Å². The Labute approximate surface area is 102 Å². The first-order chi connectivity index (χ1) is 7.42. The molecule has 0 bridgehead atoms. The predicted molar refractivity (Wildman–Crippen MR) is 61.3 cm³/mol. The van der Waals surface area contributed by atoms with Crippen molar-refractivity contribution in [2.45, 2.75) is 12.5 Å². The molecule has 0 aromatic heterocycles. The zero-order chi connectivity index (χ0) is 11.9. The quantitative estimate of drug-likeness (QED) is 0.792. The van der Waals surface area contributed by atoms with E-state index in [1.807, 2.05) is 0 Å². The van der Waals surface area contributed by atoms with Crippen LogP contribution in [0.3, 0.4) is 0 Å². The van der Waals surface area contributed by atoms with Crippen molar-refractivity contribution in [3.8, 4) is 0 Å². The van der Waals surface area contributed by atoms with Gasteiger partial charge in [-0.1, -0.05) is 23.2 Å². The molecule has 0 radical (unpaired) electrons. The molecule has 1 aromatic rings. The van der Waals surface area contributed by atoms with Gasteiger partial charge in [0, 0.05) is 10.6 Å². The van der Waals surface area contributed by atoms with Gasteiger partial charge in [0.2, 0.25) is 0 Å². The van der Waals surface area contributed by atoms with Gasteiger partial charge in [0.25, 0.3) is 6.02 Å². The largest absolute Gasteiger partial charge is 0.462 e. The number of nitrogens with two attached hydrogens (primary N) is 1. The lowest BCUT2D eigenvalue weighted by Gasteiger charge is -2.20. The van der Waals surface area contributed by atoms with Crippen molar-refractivity contribution in [1.82, 2.24) is 0 Å². The molecular formula is C10H9Cl2FN2O. The summed E-state index contributed by atoms with van der Waals surface area (Å²) in [5.74, 6) is -0.539. The van der Waals surface area contributed by atoms with Gasteiger partial charge in [-0.25, -0.2) is 9.38 Å².